The second kappa shape index (κ2) is 13.8. The fraction of sp³-hybridized carbons (Fsp3) is 0.127. The fourth-order valence-corrected chi connectivity index (χ4v) is 10.1. The summed E-state index contributed by atoms with van der Waals surface area (Å²) < 4.78 is 0. The minimum atomic E-state index is -0.788. The van der Waals surface area contributed by atoms with Gasteiger partial charge in [0, 0.05) is 32.4 Å². The first-order chi connectivity index (χ1) is 28.3. The molecule has 3 nitrogen and oxygen atoms in total. The van der Waals surface area contributed by atoms with Crippen LogP contribution in [0.4, 0.5) is 17.1 Å². The van der Waals surface area contributed by atoms with Crippen LogP contribution in [0.1, 0.15) is 71.1 Å². The molecule has 59 heavy (non-hydrogen) atoms. The summed E-state index contributed by atoms with van der Waals surface area (Å²) in [6, 6.07) is 71.9. The zero-order valence-corrected chi connectivity index (χ0v) is 35.8. The molecule has 0 bridgehead atoms. The quantitative estimate of drug-likeness (QED) is 0.160. The molecule has 0 N–H and O–H groups in total. The SMILES string of the molecule is CN1[CH-]N(c2[c-]c(C3(c4cc(C(C)(C)C)cc(C5(c6[c-]cccc6)c6ccccc6-c6ccccc65)n4)c4ccccc4-c4ccccc43)ccc2)c2ccccc21.[Pt]. The van der Waals surface area contributed by atoms with Gasteiger partial charge in [-0.05, 0) is 86.8 Å². The molecule has 0 fully saturated rings. The Morgan fingerprint density at radius 2 is 0.983 bits per heavy atom. The van der Waals surface area contributed by atoms with Crippen molar-refractivity contribution in [2.24, 2.45) is 0 Å². The van der Waals surface area contributed by atoms with Gasteiger partial charge in [0.15, 0.2) is 0 Å². The van der Waals surface area contributed by atoms with Crippen LogP contribution in [0.5, 0.6) is 0 Å². The van der Waals surface area contributed by atoms with Crippen molar-refractivity contribution < 1.29 is 21.1 Å². The van der Waals surface area contributed by atoms with Crippen LogP contribution in [0, 0.1) is 18.8 Å². The van der Waals surface area contributed by atoms with Crippen molar-refractivity contribution in [2.45, 2.75) is 37.0 Å². The van der Waals surface area contributed by atoms with Gasteiger partial charge in [-0.2, -0.15) is 61.3 Å². The maximum absolute atomic E-state index is 6.11. The van der Waals surface area contributed by atoms with Crippen LogP contribution in [0.3, 0.4) is 0 Å². The van der Waals surface area contributed by atoms with Crippen molar-refractivity contribution in [2.75, 3.05) is 16.8 Å². The molecule has 0 saturated carbocycles. The van der Waals surface area contributed by atoms with Crippen molar-refractivity contribution in [1.82, 2.24) is 4.98 Å². The second-order valence-corrected chi connectivity index (χ2v) is 16.9. The third kappa shape index (κ3) is 5.27. The Bertz CT molecular complexity index is 2820. The van der Waals surface area contributed by atoms with E-state index in [0.29, 0.717) is 0 Å². The predicted octanol–water partition coefficient (Wildman–Crippen LogP) is 12.4. The molecule has 7 aromatic carbocycles. The van der Waals surface area contributed by atoms with E-state index in [2.05, 4.69) is 226 Å². The number of nitrogens with zero attached hydrogens (tertiary/aromatic N) is 3. The summed E-state index contributed by atoms with van der Waals surface area (Å²) in [7, 11) is 2.11. The third-order valence-corrected chi connectivity index (χ3v) is 12.7. The first kappa shape index (κ1) is 37.3. The molecule has 0 unspecified atom stereocenters. The largest absolute Gasteiger partial charge is 0.504 e. The smallest absolute Gasteiger partial charge is 0.0663 e. The standard InChI is InChI=1S/C55H42N3.Pt/c1-53(2,3)39-34-51(54(37-19-6-5-7-20-37)45-27-12-8-23-41(45)42-24-9-13-28-46(42)54)56-52(35-39)55(47-29-14-10-25-43(47)44-26-11-15-30-48(44)55)38-21-18-22-40(33-38)58-36-57(4)49-31-16-17-32-50(49)58;/h5-19,21-32,34-36H,1-4H3;/q-3;. The number of hydrogen-bond acceptors (Lipinski definition) is 3. The average molecular weight is 940 g/mol. The molecular formula is C55H42N3Pt-3. The Morgan fingerprint density at radius 1 is 0.525 bits per heavy atom. The first-order valence-electron chi connectivity index (χ1n) is 20.2. The van der Waals surface area contributed by atoms with Gasteiger partial charge in [-0.25, -0.2) is 0 Å². The molecule has 0 radical (unpaired) electrons. The number of hydrogen-bond donors (Lipinski definition) is 0. The molecule has 2 aliphatic carbocycles. The average Bonchev–Trinajstić information content (AvgIpc) is 3.88. The second-order valence-electron chi connectivity index (χ2n) is 16.9. The van der Waals surface area contributed by atoms with Gasteiger partial charge in [0.2, 0.25) is 0 Å². The van der Waals surface area contributed by atoms with Crippen LogP contribution < -0.4 is 9.80 Å². The third-order valence-electron chi connectivity index (χ3n) is 12.7. The first-order valence-corrected chi connectivity index (χ1v) is 20.2. The summed E-state index contributed by atoms with van der Waals surface area (Å²) in [5.74, 6) is 0. The molecule has 0 saturated heterocycles. The minimum Gasteiger partial charge on any atom is -0.504 e. The Labute approximate surface area is 362 Å². The van der Waals surface area contributed by atoms with Gasteiger partial charge in [-0.1, -0.05) is 130 Å². The van der Waals surface area contributed by atoms with E-state index in [1.807, 2.05) is 6.07 Å². The van der Waals surface area contributed by atoms with Gasteiger partial charge < -0.3 is 9.80 Å². The molecule has 0 atom stereocenters. The number of rotatable bonds is 5. The number of anilines is 3. The van der Waals surface area contributed by atoms with Crippen molar-refractivity contribution in [3.05, 3.63) is 245 Å². The van der Waals surface area contributed by atoms with E-state index in [1.54, 1.807) is 0 Å². The van der Waals surface area contributed by atoms with Gasteiger partial charge >= 0.3 is 0 Å². The molecule has 4 heteroatoms. The summed E-state index contributed by atoms with van der Waals surface area (Å²) >= 11 is 0. The van der Waals surface area contributed by atoms with Crippen LogP contribution >= 0.6 is 0 Å². The van der Waals surface area contributed by atoms with E-state index in [-0.39, 0.29) is 26.5 Å². The van der Waals surface area contributed by atoms with Gasteiger partial charge in [-0.3, -0.25) is 4.98 Å². The van der Waals surface area contributed by atoms with E-state index in [4.69, 9.17) is 4.98 Å². The van der Waals surface area contributed by atoms with Crippen molar-refractivity contribution in [3.8, 4) is 22.3 Å². The molecule has 290 valence electrons. The Kier molecular flexibility index (Phi) is 8.71. The Balaban J connectivity index is 0.00000420. The molecular weight excluding hydrogens is 898 g/mol. The molecule has 11 rings (SSSR count). The summed E-state index contributed by atoms with van der Waals surface area (Å²) in [6.45, 7) is 9.12. The van der Waals surface area contributed by atoms with E-state index < -0.39 is 10.8 Å². The molecule has 0 spiro atoms. The zero-order chi connectivity index (χ0) is 39.2. The summed E-state index contributed by atoms with van der Waals surface area (Å²) in [5, 5.41) is 0. The van der Waals surface area contributed by atoms with Crippen LogP contribution in [0.2, 0.25) is 0 Å². The van der Waals surface area contributed by atoms with E-state index in [9.17, 15) is 0 Å². The van der Waals surface area contributed by atoms with E-state index in [0.717, 1.165) is 39.6 Å². The number of fused-ring (bicyclic) bond motifs is 7. The molecule has 1 aromatic heterocycles. The van der Waals surface area contributed by atoms with E-state index >= 15 is 0 Å². The predicted molar refractivity (Wildman–Crippen MR) is 237 cm³/mol. The molecule has 8 aromatic rings. The number of pyridine rings is 1. The molecule has 2 heterocycles. The Morgan fingerprint density at radius 3 is 1.49 bits per heavy atom. The van der Waals surface area contributed by atoms with Crippen LogP contribution in [-0.2, 0) is 37.3 Å². The topological polar surface area (TPSA) is 19.4 Å². The van der Waals surface area contributed by atoms with Crippen LogP contribution in [0.25, 0.3) is 22.3 Å². The monoisotopic (exact) mass is 939 g/mol. The van der Waals surface area contributed by atoms with Gasteiger partial charge in [-0.15, -0.1) is 16.8 Å². The number of aromatic nitrogens is 1. The summed E-state index contributed by atoms with van der Waals surface area (Å²) in [4.78, 5) is 10.6. The molecule has 1 aliphatic heterocycles. The van der Waals surface area contributed by atoms with Gasteiger partial charge in [0.05, 0.1) is 22.2 Å². The minimum absolute atomic E-state index is 0. The summed E-state index contributed by atoms with van der Waals surface area (Å²) in [5.41, 5.74) is 16.7. The molecule has 3 aliphatic rings. The van der Waals surface area contributed by atoms with Gasteiger partial charge in [0.1, 0.15) is 0 Å². The van der Waals surface area contributed by atoms with Crippen molar-refractivity contribution in [3.63, 3.8) is 0 Å². The fourth-order valence-electron chi connectivity index (χ4n) is 10.1. The number of para-hydroxylation sites is 2. The number of benzene rings is 7. The normalized spacial score (nSPS) is 15.1. The zero-order valence-electron chi connectivity index (χ0n) is 33.5. The Hall–Kier alpha value is -6.02. The van der Waals surface area contributed by atoms with Crippen molar-refractivity contribution >= 4 is 17.1 Å². The maximum atomic E-state index is 6.11. The summed E-state index contributed by atoms with van der Waals surface area (Å²) in [6.07, 6.45) is 0. The van der Waals surface area contributed by atoms with Gasteiger partial charge in [0.25, 0.3) is 0 Å². The van der Waals surface area contributed by atoms with Crippen LogP contribution in [-0.4, -0.2) is 12.0 Å². The maximum Gasteiger partial charge on any atom is 0.0663 e. The molecule has 0 amide bonds. The van der Waals surface area contributed by atoms with E-state index in [1.165, 1.54) is 50.1 Å². The van der Waals surface area contributed by atoms with Crippen LogP contribution in [0.15, 0.2) is 176 Å². The van der Waals surface area contributed by atoms with Crippen molar-refractivity contribution in [1.29, 1.82) is 0 Å².